The Bertz CT molecular complexity index is 677. The summed E-state index contributed by atoms with van der Waals surface area (Å²) in [5.41, 5.74) is -0.508. The molecule has 2 aliphatic rings. The number of nitrogens with one attached hydrogen (secondary N) is 1. The molecule has 7 nitrogen and oxygen atoms in total. The molecule has 1 saturated heterocycles. The molecular formula is C20H28N2O5. The summed E-state index contributed by atoms with van der Waals surface area (Å²) in [6.07, 6.45) is 0.754. The molecule has 1 atom stereocenters. The highest BCUT2D eigenvalue weighted by Gasteiger charge is 2.30. The molecule has 0 aliphatic carbocycles. The van der Waals surface area contributed by atoms with Gasteiger partial charge in [0.25, 0.3) is 0 Å². The lowest BCUT2D eigenvalue weighted by atomic mass is 9.96. The first kappa shape index (κ1) is 19.3. The lowest BCUT2D eigenvalue weighted by Crippen LogP contribution is -2.47. The Kier molecular flexibility index (Phi) is 5.77. The molecule has 7 heteroatoms. The number of carbonyl (C=O) groups excluding carboxylic acids is 2. The summed E-state index contributed by atoms with van der Waals surface area (Å²) in [4.78, 5) is 26.2. The van der Waals surface area contributed by atoms with Gasteiger partial charge in [0.1, 0.15) is 18.3 Å². The van der Waals surface area contributed by atoms with Gasteiger partial charge < -0.3 is 24.4 Å². The van der Waals surface area contributed by atoms with Crippen molar-refractivity contribution in [2.75, 3.05) is 26.2 Å². The maximum absolute atomic E-state index is 12.4. The molecule has 0 spiro atoms. The van der Waals surface area contributed by atoms with Crippen molar-refractivity contribution in [3.05, 3.63) is 24.3 Å². The first-order valence-electron chi connectivity index (χ1n) is 9.46. The second-order valence-corrected chi connectivity index (χ2v) is 7.98. The number of nitrogens with zero attached hydrogens (tertiary/aromatic N) is 1. The highest BCUT2D eigenvalue weighted by Crippen LogP contribution is 2.30. The first-order valence-corrected chi connectivity index (χ1v) is 9.46. The van der Waals surface area contributed by atoms with Crippen LogP contribution in [0.25, 0.3) is 0 Å². The van der Waals surface area contributed by atoms with Gasteiger partial charge in [-0.25, -0.2) is 4.79 Å². The van der Waals surface area contributed by atoms with Crippen LogP contribution in [-0.4, -0.2) is 54.8 Å². The maximum Gasteiger partial charge on any atom is 0.410 e. The molecule has 0 unspecified atom stereocenters. The second-order valence-electron chi connectivity index (χ2n) is 7.98. The van der Waals surface area contributed by atoms with Gasteiger partial charge in [-0.1, -0.05) is 12.1 Å². The minimum atomic E-state index is -0.508. The van der Waals surface area contributed by atoms with Gasteiger partial charge in [-0.15, -0.1) is 0 Å². The summed E-state index contributed by atoms with van der Waals surface area (Å²) in [5.74, 6) is 1.34. The Morgan fingerprint density at radius 3 is 2.52 bits per heavy atom. The van der Waals surface area contributed by atoms with E-state index in [0.29, 0.717) is 44.8 Å². The summed E-state index contributed by atoms with van der Waals surface area (Å²) >= 11 is 0. The number of carbonyl (C=O) groups is 2. The SMILES string of the molecule is CC(C)(C)OC(=O)N1CCC(C(=O)NC[C@@H]2COc3ccccc3O2)CC1. The number of benzene rings is 1. The van der Waals surface area contributed by atoms with E-state index in [1.165, 1.54) is 0 Å². The zero-order valence-corrected chi connectivity index (χ0v) is 16.2. The highest BCUT2D eigenvalue weighted by atomic mass is 16.6. The molecular weight excluding hydrogens is 348 g/mol. The quantitative estimate of drug-likeness (QED) is 0.877. The van der Waals surface area contributed by atoms with Crippen molar-refractivity contribution in [2.24, 2.45) is 5.92 Å². The summed E-state index contributed by atoms with van der Waals surface area (Å²) in [6, 6.07) is 7.51. The van der Waals surface area contributed by atoms with Crippen molar-refractivity contribution >= 4 is 12.0 Å². The number of rotatable bonds is 3. The van der Waals surface area contributed by atoms with E-state index < -0.39 is 5.60 Å². The third-order valence-corrected chi connectivity index (χ3v) is 4.59. The normalized spacial score (nSPS) is 20.1. The van der Waals surface area contributed by atoms with Crippen LogP contribution in [0.3, 0.4) is 0 Å². The number of hydrogen-bond acceptors (Lipinski definition) is 5. The molecule has 0 aromatic heterocycles. The Morgan fingerprint density at radius 2 is 1.85 bits per heavy atom. The molecule has 3 rings (SSSR count). The van der Waals surface area contributed by atoms with Gasteiger partial charge in [-0.3, -0.25) is 4.79 Å². The van der Waals surface area contributed by atoms with Crippen LogP contribution in [0, 0.1) is 5.92 Å². The van der Waals surface area contributed by atoms with Crippen LogP contribution in [0.5, 0.6) is 11.5 Å². The number of ether oxygens (including phenoxy) is 3. The van der Waals surface area contributed by atoms with E-state index >= 15 is 0 Å². The van der Waals surface area contributed by atoms with Gasteiger partial charge in [0, 0.05) is 19.0 Å². The van der Waals surface area contributed by atoms with E-state index in [9.17, 15) is 9.59 Å². The van der Waals surface area contributed by atoms with Crippen LogP contribution >= 0.6 is 0 Å². The molecule has 1 aromatic carbocycles. The molecule has 27 heavy (non-hydrogen) atoms. The standard InChI is InChI=1S/C20H28N2O5/c1-20(2,3)27-19(24)22-10-8-14(9-11-22)18(23)21-12-15-13-25-16-6-4-5-7-17(16)26-15/h4-7,14-15H,8-13H2,1-3H3,(H,21,23)/t15-/m1/s1. The van der Waals surface area contributed by atoms with Crippen LogP contribution in [0.15, 0.2) is 24.3 Å². The van der Waals surface area contributed by atoms with Crippen LogP contribution in [-0.2, 0) is 9.53 Å². The molecule has 1 N–H and O–H groups in total. The van der Waals surface area contributed by atoms with Gasteiger partial charge in [0.15, 0.2) is 11.5 Å². The topological polar surface area (TPSA) is 77.1 Å². The van der Waals surface area contributed by atoms with E-state index in [-0.39, 0.29) is 24.0 Å². The van der Waals surface area contributed by atoms with Crippen LogP contribution < -0.4 is 14.8 Å². The molecule has 148 valence electrons. The lowest BCUT2D eigenvalue weighted by molar-refractivity contribution is -0.127. The largest absolute Gasteiger partial charge is 0.486 e. The molecule has 2 aliphatic heterocycles. The predicted octanol–water partition coefficient (Wildman–Crippen LogP) is 2.59. The minimum Gasteiger partial charge on any atom is -0.486 e. The Labute approximate surface area is 160 Å². The second kappa shape index (κ2) is 8.06. The van der Waals surface area contributed by atoms with Crippen molar-refractivity contribution in [3.63, 3.8) is 0 Å². The summed E-state index contributed by atoms with van der Waals surface area (Å²) < 4.78 is 16.9. The Balaban J connectivity index is 1.41. The van der Waals surface area contributed by atoms with Crippen molar-refractivity contribution in [3.8, 4) is 11.5 Å². The van der Waals surface area contributed by atoms with Crippen LogP contribution in [0.1, 0.15) is 33.6 Å². The van der Waals surface area contributed by atoms with Gasteiger partial charge >= 0.3 is 6.09 Å². The molecule has 1 fully saturated rings. The number of hydrogen-bond donors (Lipinski definition) is 1. The summed E-state index contributed by atoms with van der Waals surface area (Å²) in [7, 11) is 0. The highest BCUT2D eigenvalue weighted by molar-refractivity contribution is 5.79. The summed E-state index contributed by atoms with van der Waals surface area (Å²) in [5, 5.41) is 2.96. The van der Waals surface area contributed by atoms with Crippen molar-refractivity contribution < 1.29 is 23.8 Å². The molecule has 0 radical (unpaired) electrons. The number of fused-ring (bicyclic) bond motifs is 1. The molecule has 1 aromatic rings. The van der Waals surface area contributed by atoms with Crippen molar-refractivity contribution in [2.45, 2.75) is 45.3 Å². The van der Waals surface area contributed by atoms with Crippen molar-refractivity contribution in [1.29, 1.82) is 0 Å². The zero-order chi connectivity index (χ0) is 19.4. The molecule has 0 bridgehead atoms. The summed E-state index contributed by atoms with van der Waals surface area (Å²) in [6.45, 7) is 7.42. The maximum atomic E-state index is 12.4. The molecule has 0 saturated carbocycles. The smallest absolute Gasteiger partial charge is 0.410 e. The minimum absolute atomic E-state index is 0.00120. The predicted molar refractivity (Wildman–Crippen MR) is 99.9 cm³/mol. The van der Waals surface area contributed by atoms with Crippen LogP contribution in [0.4, 0.5) is 4.79 Å². The zero-order valence-electron chi connectivity index (χ0n) is 16.2. The van der Waals surface area contributed by atoms with E-state index in [1.54, 1.807) is 4.90 Å². The molecule has 2 amide bonds. The fraction of sp³-hybridized carbons (Fsp3) is 0.600. The molecule has 2 heterocycles. The number of amides is 2. The fourth-order valence-corrected chi connectivity index (χ4v) is 3.17. The number of para-hydroxylation sites is 2. The van der Waals surface area contributed by atoms with E-state index in [1.807, 2.05) is 45.0 Å². The van der Waals surface area contributed by atoms with Gasteiger partial charge in [-0.2, -0.15) is 0 Å². The van der Waals surface area contributed by atoms with Gasteiger partial charge in [0.05, 0.1) is 6.54 Å². The lowest BCUT2D eigenvalue weighted by Gasteiger charge is -2.33. The average molecular weight is 376 g/mol. The van der Waals surface area contributed by atoms with E-state index in [2.05, 4.69) is 5.32 Å². The van der Waals surface area contributed by atoms with E-state index in [4.69, 9.17) is 14.2 Å². The monoisotopic (exact) mass is 376 g/mol. The average Bonchev–Trinajstić information content (AvgIpc) is 2.64. The van der Waals surface area contributed by atoms with E-state index in [0.717, 1.165) is 5.75 Å². The Morgan fingerprint density at radius 1 is 1.19 bits per heavy atom. The number of likely N-dealkylation sites (tertiary alicyclic amines) is 1. The van der Waals surface area contributed by atoms with Gasteiger partial charge in [-0.05, 0) is 45.7 Å². The van der Waals surface area contributed by atoms with Gasteiger partial charge in [0.2, 0.25) is 5.91 Å². The van der Waals surface area contributed by atoms with Crippen molar-refractivity contribution in [1.82, 2.24) is 10.2 Å². The number of piperidine rings is 1. The fourth-order valence-electron chi connectivity index (χ4n) is 3.17. The third-order valence-electron chi connectivity index (χ3n) is 4.59. The third kappa shape index (κ3) is 5.28. The first-order chi connectivity index (χ1) is 12.8. The Hall–Kier alpha value is -2.44. The van der Waals surface area contributed by atoms with Crippen LogP contribution in [0.2, 0.25) is 0 Å².